The van der Waals surface area contributed by atoms with Crippen LogP contribution in [0.15, 0.2) is 28.7 Å². The quantitative estimate of drug-likeness (QED) is 0.338. The summed E-state index contributed by atoms with van der Waals surface area (Å²) in [5.41, 5.74) is 2.14. The van der Waals surface area contributed by atoms with Gasteiger partial charge >= 0.3 is 0 Å². The van der Waals surface area contributed by atoms with Crippen LogP contribution >= 0.6 is 35.3 Å². The van der Waals surface area contributed by atoms with E-state index >= 15 is 0 Å². The summed E-state index contributed by atoms with van der Waals surface area (Å²) in [6.07, 6.45) is 4.42. The van der Waals surface area contributed by atoms with Crippen molar-refractivity contribution < 1.29 is 4.74 Å². The van der Waals surface area contributed by atoms with Gasteiger partial charge in [-0.05, 0) is 38.2 Å². The average molecular weight is 501 g/mol. The molecule has 6 nitrogen and oxygen atoms in total. The van der Waals surface area contributed by atoms with E-state index in [1.54, 1.807) is 11.3 Å². The van der Waals surface area contributed by atoms with Crippen molar-refractivity contribution in [3.63, 3.8) is 0 Å². The molecule has 2 aromatic rings. The Kier molecular flexibility index (Phi) is 8.75. The molecule has 8 heteroatoms. The van der Waals surface area contributed by atoms with Crippen LogP contribution in [0.4, 0.5) is 0 Å². The molecule has 0 radical (unpaired) electrons. The Morgan fingerprint density at radius 1 is 1.41 bits per heavy atom. The Bertz CT molecular complexity index is 730. The summed E-state index contributed by atoms with van der Waals surface area (Å²) in [7, 11) is 2.03. The maximum Gasteiger partial charge on any atom is 0.213 e. The summed E-state index contributed by atoms with van der Waals surface area (Å²) >= 11 is 1.67. The number of nitrogens with zero attached hydrogens (tertiary/aromatic N) is 4. The molecule has 1 fully saturated rings. The first-order valence-corrected chi connectivity index (χ1v) is 10.00. The van der Waals surface area contributed by atoms with Gasteiger partial charge in [-0.25, -0.2) is 15.0 Å². The van der Waals surface area contributed by atoms with Gasteiger partial charge in [-0.15, -0.1) is 35.3 Å². The molecule has 0 bridgehead atoms. The lowest BCUT2D eigenvalue weighted by Crippen LogP contribution is -2.38. The normalized spacial score (nSPS) is 13.8. The zero-order valence-electron chi connectivity index (χ0n) is 16.1. The van der Waals surface area contributed by atoms with E-state index in [9.17, 15) is 0 Å². The van der Waals surface area contributed by atoms with Gasteiger partial charge in [0.25, 0.3) is 0 Å². The lowest BCUT2D eigenvalue weighted by Gasteiger charge is -2.21. The maximum atomic E-state index is 5.68. The van der Waals surface area contributed by atoms with Gasteiger partial charge in [-0.1, -0.05) is 6.07 Å². The van der Waals surface area contributed by atoms with Gasteiger partial charge in [0.1, 0.15) is 0 Å². The minimum Gasteiger partial charge on any atom is -0.477 e. The van der Waals surface area contributed by atoms with Crippen molar-refractivity contribution in [3.05, 3.63) is 40.0 Å². The molecule has 27 heavy (non-hydrogen) atoms. The number of ether oxygens (including phenoxy) is 1. The lowest BCUT2D eigenvalue weighted by atomic mass is 10.3. The highest BCUT2D eigenvalue weighted by Crippen LogP contribution is 2.29. The van der Waals surface area contributed by atoms with Gasteiger partial charge in [0.05, 0.1) is 30.4 Å². The fraction of sp³-hybridized carbons (Fsp3) is 0.526. The zero-order valence-corrected chi connectivity index (χ0v) is 19.3. The van der Waals surface area contributed by atoms with E-state index in [-0.39, 0.29) is 24.0 Å². The molecule has 2 heterocycles. The summed E-state index contributed by atoms with van der Waals surface area (Å²) in [6, 6.07) is 3.97. The fourth-order valence-corrected chi connectivity index (χ4v) is 3.12. The van der Waals surface area contributed by atoms with E-state index in [1.165, 1.54) is 12.8 Å². The van der Waals surface area contributed by atoms with E-state index in [0.29, 0.717) is 12.4 Å². The number of nitrogens with one attached hydrogen (secondary N) is 1. The van der Waals surface area contributed by atoms with Crippen molar-refractivity contribution >= 4 is 41.3 Å². The topological polar surface area (TPSA) is 62.6 Å². The third kappa shape index (κ3) is 7.25. The number of halogens is 1. The molecule has 0 amide bonds. The number of guanidine groups is 1. The molecule has 2 aromatic heterocycles. The second-order valence-corrected chi connectivity index (χ2v) is 7.71. The molecule has 0 saturated heterocycles. The molecule has 1 N–H and O–H groups in total. The Labute approximate surface area is 182 Å². The van der Waals surface area contributed by atoms with Crippen molar-refractivity contribution in [2.45, 2.75) is 39.8 Å². The van der Waals surface area contributed by atoms with Crippen LogP contribution in [0.5, 0.6) is 5.88 Å². The summed E-state index contributed by atoms with van der Waals surface area (Å²) in [5.74, 6) is 2.31. The molecule has 148 valence electrons. The number of aliphatic imine (C=N–C) groups is 1. The zero-order chi connectivity index (χ0) is 18.4. The number of pyridine rings is 1. The smallest absolute Gasteiger partial charge is 0.213 e. The molecule has 1 aliphatic carbocycles. The Morgan fingerprint density at radius 3 is 2.81 bits per heavy atom. The molecule has 1 aliphatic rings. The van der Waals surface area contributed by atoms with Crippen molar-refractivity contribution in [2.24, 2.45) is 10.9 Å². The summed E-state index contributed by atoms with van der Waals surface area (Å²) in [5, 5.41) is 6.52. The highest BCUT2D eigenvalue weighted by atomic mass is 127. The monoisotopic (exact) mass is 501 g/mol. The minimum absolute atomic E-state index is 0. The number of hydrogen-bond acceptors (Lipinski definition) is 5. The first-order valence-electron chi connectivity index (χ1n) is 9.12. The second-order valence-electron chi connectivity index (χ2n) is 6.64. The van der Waals surface area contributed by atoms with E-state index in [1.807, 2.05) is 32.3 Å². The first kappa shape index (κ1) is 21.9. The highest BCUT2D eigenvalue weighted by Gasteiger charge is 2.22. The van der Waals surface area contributed by atoms with Crippen molar-refractivity contribution in [2.75, 3.05) is 20.2 Å². The van der Waals surface area contributed by atoms with Crippen molar-refractivity contribution in [3.8, 4) is 5.88 Å². The van der Waals surface area contributed by atoms with Gasteiger partial charge in [-0.3, -0.25) is 0 Å². The van der Waals surface area contributed by atoms with E-state index < -0.39 is 0 Å². The van der Waals surface area contributed by atoms with E-state index in [4.69, 9.17) is 9.73 Å². The number of hydrogen-bond donors (Lipinski definition) is 1. The molecule has 0 spiro atoms. The highest BCUT2D eigenvalue weighted by molar-refractivity contribution is 14.0. The van der Waals surface area contributed by atoms with E-state index in [2.05, 4.69) is 32.5 Å². The van der Waals surface area contributed by atoms with Gasteiger partial charge < -0.3 is 15.0 Å². The molecule has 0 aromatic carbocycles. The Balaban J connectivity index is 0.00000261. The molecular formula is C19H28IN5OS. The summed E-state index contributed by atoms with van der Waals surface area (Å²) in [4.78, 5) is 15.7. The summed E-state index contributed by atoms with van der Waals surface area (Å²) < 4.78 is 5.68. The fourth-order valence-electron chi connectivity index (χ4n) is 2.51. The number of aryl methyl sites for hydroxylation is 1. The van der Waals surface area contributed by atoms with Crippen LogP contribution in [-0.2, 0) is 13.1 Å². The Morgan fingerprint density at radius 2 is 2.22 bits per heavy atom. The predicted octanol–water partition coefficient (Wildman–Crippen LogP) is 3.85. The van der Waals surface area contributed by atoms with Crippen LogP contribution in [0.2, 0.25) is 0 Å². The van der Waals surface area contributed by atoms with Gasteiger partial charge in [0, 0.05) is 31.2 Å². The van der Waals surface area contributed by atoms with E-state index in [0.717, 1.165) is 47.8 Å². The molecule has 1 saturated carbocycles. The molecular weight excluding hydrogens is 473 g/mol. The maximum absolute atomic E-state index is 5.68. The van der Waals surface area contributed by atoms with Crippen LogP contribution in [-0.4, -0.2) is 41.0 Å². The standard InChI is InChI=1S/C19H27N5OS.HI/c1-4-20-19(24(3)11-17-13-26-14(2)23-17)22-10-16-7-8-18(21-9-16)25-12-15-5-6-15;/h7-9,13,15H,4-6,10-12H2,1-3H3,(H,20,22);1H. The SMILES string of the molecule is CCNC(=NCc1ccc(OCC2CC2)nc1)N(C)Cc1csc(C)n1.I. The molecule has 0 unspecified atom stereocenters. The third-order valence-electron chi connectivity index (χ3n) is 4.14. The number of aromatic nitrogens is 2. The van der Waals surface area contributed by atoms with Crippen LogP contribution < -0.4 is 10.1 Å². The number of rotatable bonds is 8. The van der Waals surface area contributed by atoms with Crippen LogP contribution in [0, 0.1) is 12.8 Å². The second kappa shape index (κ2) is 10.8. The first-order chi connectivity index (χ1) is 12.6. The van der Waals surface area contributed by atoms with Crippen LogP contribution in [0.25, 0.3) is 0 Å². The third-order valence-corrected chi connectivity index (χ3v) is 4.96. The average Bonchev–Trinajstić information content (AvgIpc) is 3.39. The summed E-state index contributed by atoms with van der Waals surface area (Å²) in [6.45, 7) is 7.03. The van der Waals surface area contributed by atoms with Gasteiger partial charge in [0.2, 0.25) is 5.88 Å². The molecule has 3 rings (SSSR count). The minimum atomic E-state index is 0. The number of thiazole rings is 1. The van der Waals surface area contributed by atoms with Crippen LogP contribution in [0.1, 0.15) is 36.0 Å². The van der Waals surface area contributed by atoms with Crippen molar-refractivity contribution in [1.82, 2.24) is 20.2 Å². The largest absolute Gasteiger partial charge is 0.477 e. The van der Waals surface area contributed by atoms with Gasteiger partial charge in [0.15, 0.2) is 5.96 Å². The van der Waals surface area contributed by atoms with Gasteiger partial charge in [-0.2, -0.15) is 0 Å². The molecule has 0 atom stereocenters. The predicted molar refractivity (Wildman–Crippen MR) is 121 cm³/mol. The van der Waals surface area contributed by atoms with Crippen molar-refractivity contribution in [1.29, 1.82) is 0 Å². The lowest BCUT2D eigenvalue weighted by molar-refractivity contribution is 0.288. The molecule has 0 aliphatic heterocycles. The Hall–Kier alpha value is -1.42. The van der Waals surface area contributed by atoms with Crippen LogP contribution in [0.3, 0.4) is 0 Å².